The van der Waals surface area contributed by atoms with Gasteiger partial charge in [-0.3, -0.25) is 14.5 Å². The Morgan fingerprint density at radius 1 is 1.23 bits per heavy atom. The minimum atomic E-state index is -0.935. The van der Waals surface area contributed by atoms with Gasteiger partial charge in [0.25, 0.3) is 5.91 Å². The number of aromatic nitrogens is 1. The molecule has 0 spiro atoms. The maximum Gasteiger partial charge on any atom is 0.283 e. The van der Waals surface area contributed by atoms with Gasteiger partial charge in [-0.05, 0) is 38.1 Å². The Labute approximate surface area is 179 Å². The van der Waals surface area contributed by atoms with E-state index in [1.807, 2.05) is 42.5 Å². The Morgan fingerprint density at radius 2 is 2.00 bits per heavy atom. The number of carbonyl (C=O) groups is 2. The first-order chi connectivity index (χ1) is 14.4. The van der Waals surface area contributed by atoms with Crippen LogP contribution >= 0.6 is 11.3 Å². The van der Waals surface area contributed by atoms with Crippen LogP contribution in [0, 0.1) is 0 Å². The maximum atomic E-state index is 13.5. The number of likely N-dealkylation sites (tertiary alicyclic amines) is 1. The fraction of sp³-hybridized carbons (Fsp3) is 0.348. The molecule has 3 aromatic rings. The highest BCUT2D eigenvalue weighted by molar-refractivity contribution is 7.18. The lowest BCUT2D eigenvalue weighted by molar-refractivity contribution is -0.910. The van der Waals surface area contributed by atoms with E-state index in [2.05, 4.69) is 11.4 Å². The van der Waals surface area contributed by atoms with Crippen molar-refractivity contribution in [3.63, 3.8) is 0 Å². The Balaban J connectivity index is 1.43. The van der Waals surface area contributed by atoms with Crippen molar-refractivity contribution in [1.29, 1.82) is 0 Å². The van der Waals surface area contributed by atoms with Gasteiger partial charge < -0.3 is 10.2 Å². The van der Waals surface area contributed by atoms with Gasteiger partial charge in [0.05, 0.1) is 28.1 Å². The summed E-state index contributed by atoms with van der Waals surface area (Å²) in [6.07, 6.45) is 2.10. The molecule has 2 atom stereocenters. The van der Waals surface area contributed by atoms with Crippen LogP contribution in [-0.2, 0) is 9.59 Å². The molecule has 0 aliphatic carbocycles. The Bertz CT molecular complexity index is 1110. The van der Waals surface area contributed by atoms with Gasteiger partial charge in [0.1, 0.15) is 11.6 Å². The van der Waals surface area contributed by atoms with E-state index >= 15 is 0 Å². The summed E-state index contributed by atoms with van der Waals surface area (Å²) in [6, 6.07) is 15.9. The number of amides is 2. The summed E-state index contributed by atoms with van der Waals surface area (Å²) < 4.78 is 1.19. The minimum Gasteiger partial charge on any atom is -0.322 e. The summed E-state index contributed by atoms with van der Waals surface area (Å²) in [5.41, 5.74) is 1.55. The van der Waals surface area contributed by atoms with Crippen molar-refractivity contribution in [2.75, 3.05) is 23.3 Å². The number of hydrogen-bond donors (Lipinski definition) is 2. The number of rotatable bonds is 3. The molecule has 1 saturated heterocycles. The van der Waals surface area contributed by atoms with Crippen molar-refractivity contribution in [3.8, 4) is 0 Å². The quantitative estimate of drug-likeness (QED) is 0.683. The molecule has 1 fully saturated rings. The molecule has 3 heterocycles. The van der Waals surface area contributed by atoms with Crippen LogP contribution in [0.15, 0.2) is 48.5 Å². The molecule has 2 aliphatic heterocycles. The van der Waals surface area contributed by atoms with Gasteiger partial charge >= 0.3 is 0 Å². The smallest absolute Gasteiger partial charge is 0.283 e. The van der Waals surface area contributed by atoms with E-state index in [0.717, 1.165) is 35.6 Å². The van der Waals surface area contributed by atoms with E-state index in [-0.39, 0.29) is 17.9 Å². The van der Waals surface area contributed by atoms with Crippen molar-refractivity contribution < 1.29 is 14.5 Å². The van der Waals surface area contributed by atoms with E-state index < -0.39 is 5.54 Å². The van der Waals surface area contributed by atoms with Crippen LogP contribution in [0.1, 0.15) is 37.7 Å². The average molecular weight is 422 g/mol. The second kappa shape index (κ2) is 7.18. The van der Waals surface area contributed by atoms with Crippen molar-refractivity contribution in [2.45, 2.75) is 38.3 Å². The molecule has 1 unspecified atom stereocenters. The summed E-state index contributed by atoms with van der Waals surface area (Å²) >= 11 is 1.73. The molecule has 7 heteroatoms. The standard InChI is InChI=1S/C23H24N4O2S/c1-23(2)22(29)25-15-8-3-5-10-17(15)27(23)20(28)14-26-13-7-11-18(26)21-24-16-9-4-6-12-19(16)30-21/h3-6,8-10,12,18H,7,11,13-14H2,1-2H3,(H,25,29)/p+1/t18-/m0/s1. The van der Waals surface area contributed by atoms with E-state index in [0.29, 0.717) is 12.2 Å². The second-order valence-electron chi connectivity index (χ2n) is 8.56. The van der Waals surface area contributed by atoms with Crippen LogP contribution < -0.4 is 15.1 Å². The van der Waals surface area contributed by atoms with E-state index in [9.17, 15) is 9.59 Å². The first-order valence-electron chi connectivity index (χ1n) is 10.4. The molecule has 6 nitrogen and oxygen atoms in total. The molecule has 154 valence electrons. The molecule has 2 N–H and O–H groups in total. The number of nitrogens with zero attached hydrogens (tertiary/aromatic N) is 2. The third-order valence-electron chi connectivity index (χ3n) is 6.23. The second-order valence-corrected chi connectivity index (χ2v) is 9.62. The zero-order valence-electron chi connectivity index (χ0n) is 17.1. The van der Waals surface area contributed by atoms with Gasteiger partial charge in [-0.25, -0.2) is 4.98 Å². The van der Waals surface area contributed by atoms with E-state index in [1.54, 1.807) is 30.1 Å². The fourth-order valence-electron chi connectivity index (χ4n) is 4.63. The summed E-state index contributed by atoms with van der Waals surface area (Å²) in [5, 5.41) is 4.03. The molecule has 0 bridgehead atoms. The van der Waals surface area contributed by atoms with Crippen molar-refractivity contribution in [1.82, 2.24) is 4.98 Å². The molecule has 5 rings (SSSR count). The third kappa shape index (κ3) is 3.09. The van der Waals surface area contributed by atoms with Crippen LogP contribution in [0.3, 0.4) is 0 Å². The Kier molecular flexibility index (Phi) is 4.60. The molecule has 0 radical (unpaired) electrons. The van der Waals surface area contributed by atoms with Gasteiger partial charge in [-0.1, -0.05) is 24.3 Å². The largest absolute Gasteiger partial charge is 0.322 e. The summed E-state index contributed by atoms with van der Waals surface area (Å²) in [7, 11) is 0. The number of nitrogens with one attached hydrogen (secondary N) is 2. The van der Waals surface area contributed by atoms with Crippen LogP contribution in [0.4, 0.5) is 11.4 Å². The van der Waals surface area contributed by atoms with Crippen LogP contribution in [-0.4, -0.2) is 35.4 Å². The zero-order valence-corrected chi connectivity index (χ0v) is 18.0. The Hall–Kier alpha value is -2.77. The van der Waals surface area contributed by atoms with Gasteiger partial charge in [0.15, 0.2) is 11.6 Å². The lowest BCUT2D eigenvalue weighted by Crippen LogP contribution is -3.11. The van der Waals surface area contributed by atoms with Crippen molar-refractivity contribution >= 4 is 44.7 Å². The van der Waals surface area contributed by atoms with Crippen molar-refractivity contribution in [3.05, 3.63) is 53.5 Å². The van der Waals surface area contributed by atoms with Gasteiger partial charge in [0, 0.05) is 12.8 Å². The minimum absolute atomic E-state index is 0.0229. The number of thiazole rings is 1. The maximum absolute atomic E-state index is 13.5. The first kappa shape index (κ1) is 19.2. The fourth-order valence-corrected chi connectivity index (χ4v) is 5.79. The number of benzene rings is 2. The van der Waals surface area contributed by atoms with Crippen LogP contribution in [0.2, 0.25) is 0 Å². The third-order valence-corrected chi connectivity index (χ3v) is 7.38. The van der Waals surface area contributed by atoms with Crippen LogP contribution in [0.25, 0.3) is 10.2 Å². The number of quaternary nitrogens is 1. The first-order valence-corrected chi connectivity index (χ1v) is 11.2. The predicted molar refractivity (Wildman–Crippen MR) is 119 cm³/mol. The molecule has 1 aromatic heterocycles. The van der Waals surface area contributed by atoms with Gasteiger partial charge in [-0.2, -0.15) is 0 Å². The number of fused-ring (bicyclic) bond motifs is 2. The molecule has 2 amide bonds. The van der Waals surface area contributed by atoms with Gasteiger partial charge in [0.2, 0.25) is 5.91 Å². The van der Waals surface area contributed by atoms with E-state index in [1.165, 1.54) is 9.60 Å². The lowest BCUT2D eigenvalue weighted by Gasteiger charge is -2.42. The molecule has 30 heavy (non-hydrogen) atoms. The summed E-state index contributed by atoms with van der Waals surface area (Å²) in [4.78, 5) is 34.0. The monoisotopic (exact) mass is 421 g/mol. The Morgan fingerprint density at radius 3 is 2.83 bits per heavy atom. The number of para-hydroxylation sites is 3. The highest BCUT2D eigenvalue weighted by Crippen LogP contribution is 2.36. The highest BCUT2D eigenvalue weighted by atomic mass is 32.1. The lowest BCUT2D eigenvalue weighted by atomic mass is 9.96. The molecule has 0 saturated carbocycles. The highest BCUT2D eigenvalue weighted by Gasteiger charge is 2.45. The average Bonchev–Trinajstić information content (AvgIpc) is 3.34. The molecule has 2 aromatic carbocycles. The van der Waals surface area contributed by atoms with Gasteiger partial charge in [-0.15, -0.1) is 11.3 Å². The van der Waals surface area contributed by atoms with Crippen LogP contribution in [0.5, 0.6) is 0 Å². The summed E-state index contributed by atoms with van der Waals surface area (Å²) in [6.45, 7) is 4.90. The number of anilines is 2. The SMILES string of the molecule is CC1(C)C(=O)Nc2ccccc2N1C(=O)C[NH+]1CCC[C@H]1c1nc2ccccc2s1. The summed E-state index contributed by atoms with van der Waals surface area (Å²) in [5.74, 6) is -0.181. The van der Waals surface area contributed by atoms with Crippen molar-refractivity contribution in [2.24, 2.45) is 0 Å². The molecular weight excluding hydrogens is 396 g/mol. The number of carbonyl (C=O) groups excluding carboxylic acids is 2. The normalized spacial score (nSPS) is 22.7. The zero-order chi connectivity index (χ0) is 20.9. The predicted octanol–water partition coefficient (Wildman–Crippen LogP) is 2.78. The number of hydrogen-bond acceptors (Lipinski definition) is 4. The van der Waals surface area contributed by atoms with E-state index in [4.69, 9.17) is 4.98 Å². The topological polar surface area (TPSA) is 66.7 Å². The molecular formula is C23H25N4O2S+. The molecule has 2 aliphatic rings.